The van der Waals surface area contributed by atoms with E-state index in [0.29, 0.717) is 11.4 Å². The zero-order valence-corrected chi connectivity index (χ0v) is 15.1. The molecule has 7 heteroatoms. The first-order valence-electron chi connectivity index (χ1n) is 8.81. The second kappa shape index (κ2) is 6.63. The molecular formula is C18H22N4O2S. The molecule has 1 saturated heterocycles. The van der Waals surface area contributed by atoms with Crippen LogP contribution in [0.1, 0.15) is 47.0 Å². The molecule has 1 atom stereocenters. The highest BCUT2D eigenvalue weighted by Crippen LogP contribution is 2.32. The standard InChI is InChI=1S/C18H22N4O2S/c1-12-9-19-22(10-12)14-3-2-8-21(11-14)18(24)15-6-7-16(25-15)20-17(23)13-4-5-13/h6-7,9-10,13-14H,2-5,8,11H2,1H3,(H,20,23). The van der Waals surface area contributed by atoms with Crippen molar-refractivity contribution in [2.45, 2.75) is 38.6 Å². The predicted octanol–water partition coefficient (Wildman–Crippen LogP) is 3.08. The quantitative estimate of drug-likeness (QED) is 0.913. The van der Waals surface area contributed by atoms with E-state index in [0.717, 1.165) is 42.8 Å². The van der Waals surface area contributed by atoms with Crippen LogP contribution in [0.15, 0.2) is 24.5 Å². The van der Waals surface area contributed by atoms with E-state index in [9.17, 15) is 9.59 Å². The van der Waals surface area contributed by atoms with Gasteiger partial charge in [0.1, 0.15) is 0 Å². The number of aryl methyl sites for hydroxylation is 1. The number of amides is 2. The van der Waals surface area contributed by atoms with E-state index in [2.05, 4.69) is 10.4 Å². The summed E-state index contributed by atoms with van der Waals surface area (Å²) in [6.45, 7) is 3.48. The number of hydrogen-bond acceptors (Lipinski definition) is 4. The third-order valence-corrected chi connectivity index (χ3v) is 5.79. The molecule has 0 bridgehead atoms. The molecule has 132 valence electrons. The lowest BCUT2D eigenvalue weighted by Crippen LogP contribution is -2.40. The highest BCUT2D eigenvalue weighted by atomic mass is 32.1. The average molecular weight is 358 g/mol. The van der Waals surface area contributed by atoms with Crippen LogP contribution < -0.4 is 5.32 Å². The Morgan fingerprint density at radius 3 is 2.84 bits per heavy atom. The molecule has 2 aliphatic rings. The third kappa shape index (κ3) is 3.61. The summed E-state index contributed by atoms with van der Waals surface area (Å²) in [4.78, 5) is 27.3. The molecule has 1 aliphatic carbocycles. The van der Waals surface area contributed by atoms with Crippen LogP contribution in [0.25, 0.3) is 0 Å². The van der Waals surface area contributed by atoms with Gasteiger partial charge in [0.15, 0.2) is 0 Å². The maximum atomic E-state index is 12.8. The lowest BCUT2D eigenvalue weighted by Gasteiger charge is -2.32. The first kappa shape index (κ1) is 16.3. The van der Waals surface area contributed by atoms with Crippen LogP contribution in [0.4, 0.5) is 5.00 Å². The second-order valence-electron chi connectivity index (χ2n) is 6.97. The number of nitrogens with zero attached hydrogens (tertiary/aromatic N) is 3. The summed E-state index contributed by atoms with van der Waals surface area (Å²) in [5, 5.41) is 8.07. The number of nitrogens with one attached hydrogen (secondary N) is 1. The maximum Gasteiger partial charge on any atom is 0.264 e. The normalized spacial score (nSPS) is 20.5. The number of thiophene rings is 1. The average Bonchev–Trinajstić information content (AvgIpc) is 3.23. The lowest BCUT2D eigenvalue weighted by atomic mass is 10.1. The van der Waals surface area contributed by atoms with Gasteiger partial charge in [0.2, 0.25) is 5.91 Å². The molecule has 25 heavy (non-hydrogen) atoms. The summed E-state index contributed by atoms with van der Waals surface area (Å²) >= 11 is 1.36. The molecule has 0 spiro atoms. The zero-order valence-electron chi connectivity index (χ0n) is 14.3. The molecule has 1 N–H and O–H groups in total. The molecule has 2 amide bonds. The zero-order chi connectivity index (χ0) is 17.4. The smallest absolute Gasteiger partial charge is 0.264 e. The Hall–Kier alpha value is -2.15. The number of carbonyl (C=O) groups excluding carboxylic acids is 2. The second-order valence-corrected chi connectivity index (χ2v) is 8.06. The van der Waals surface area contributed by atoms with Crippen LogP contribution in [0.3, 0.4) is 0 Å². The number of likely N-dealkylation sites (tertiary alicyclic amines) is 1. The molecule has 0 aromatic carbocycles. The Morgan fingerprint density at radius 1 is 1.28 bits per heavy atom. The molecule has 3 heterocycles. The van der Waals surface area contributed by atoms with Crippen LogP contribution in [0.5, 0.6) is 0 Å². The molecule has 2 fully saturated rings. The molecule has 1 aliphatic heterocycles. The molecule has 4 rings (SSSR count). The van der Waals surface area contributed by atoms with Crippen molar-refractivity contribution < 1.29 is 9.59 Å². The number of aromatic nitrogens is 2. The molecule has 2 aromatic heterocycles. The van der Waals surface area contributed by atoms with Gasteiger partial charge in [-0.3, -0.25) is 14.3 Å². The minimum Gasteiger partial charge on any atom is -0.336 e. The SMILES string of the molecule is Cc1cnn(C2CCCN(C(=O)c3ccc(NC(=O)C4CC4)s3)C2)c1. The van der Waals surface area contributed by atoms with Gasteiger partial charge in [-0.15, -0.1) is 11.3 Å². The number of anilines is 1. The minimum absolute atomic E-state index is 0.0468. The Bertz CT molecular complexity index is 793. The van der Waals surface area contributed by atoms with Crippen LogP contribution in [0.2, 0.25) is 0 Å². The summed E-state index contributed by atoms with van der Waals surface area (Å²) in [5.41, 5.74) is 1.14. The van der Waals surface area contributed by atoms with Crippen LogP contribution in [0, 0.1) is 12.8 Å². The van der Waals surface area contributed by atoms with E-state index in [1.165, 1.54) is 11.3 Å². The van der Waals surface area contributed by atoms with Gasteiger partial charge in [-0.05, 0) is 50.3 Å². The van der Waals surface area contributed by atoms with E-state index < -0.39 is 0 Å². The first-order valence-corrected chi connectivity index (χ1v) is 9.62. The fraction of sp³-hybridized carbons (Fsp3) is 0.500. The van der Waals surface area contributed by atoms with Crippen molar-refractivity contribution in [1.82, 2.24) is 14.7 Å². The van der Waals surface area contributed by atoms with E-state index in [1.807, 2.05) is 41.0 Å². The first-order chi connectivity index (χ1) is 12.1. The van der Waals surface area contributed by atoms with E-state index >= 15 is 0 Å². The summed E-state index contributed by atoms with van der Waals surface area (Å²) in [6.07, 6.45) is 7.87. The number of piperidine rings is 1. The Balaban J connectivity index is 1.41. The summed E-state index contributed by atoms with van der Waals surface area (Å²) in [6, 6.07) is 3.88. The van der Waals surface area contributed by atoms with Crippen molar-refractivity contribution in [3.63, 3.8) is 0 Å². The molecular weight excluding hydrogens is 336 g/mol. The van der Waals surface area contributed by atoms with Gasteiger partial charge in [-0.2, -0.15) is 5.10 Å². The van der Waals surface area contributed by atoms with Gasteiger partial charge in [-0.1, -0.05) is 0 Å². The highest BCUT2D eigenvalue weighted by molar-refractivity contribution is 7.18. The summed E-state index contributed by atoms with van der Waals surface area (Å²) in [5.74, 6) is 0.292. The molecule has 1 unspecified atom stereocenters. The topological polar surface area (TPSA) is 67.2 Å². The van der Waals surface area contributed by atoms with Gasteiger partial charge < -0.3 is 10.2 Å². The number of hydrogen-bond donors (Lipinski definition) is 1. The molecule has 2 aromatic rings. The fourth-order valence-electron chi connectivity index (χ4n) is 3.23. The van der Waals surface area contributed by atoms with Gasteiger partial charge in [-0.25, -0.2) is 0 Å². The third-order valence-electron chi connectivity index (χ3n) is 4.80. The monoisotopic (exact) mass is 358 g/mol. The Morgan fingerprint density at radius 2 is 2.12 bits per heavy atom. The predicted molar refractivity (Wildman–Crippen MR) is 96.8 cm³/mol. The van der Waals surface area contributed by atoms with E-state index in [4.69, 9.17) is 0 Å². The van der Waals surface area contributed by atoms with Crippen molar-refractivity contribution >= 4 is 28.2 Å². The van der Waals surface area contributed by atoms with Crippen molar-refractivity contribution in [3.8, 4) is 0 Å². The minimum atomic E-state index is 0.0468. The van der Waals surface area contributed by atoms with Crippen LogP contribution in [-0.2, 0) is 4.79 Å². The van der Waals surface area contributed by atoms with Gasteiger partial charge in [0.05, 0.1) is 22.1 Å². The van der Waals surface area contributed by atoms with Gasteiger partial charge in [0, 0.05) is 25.2 Å². The van der Waals surface area contributed by atoms with Gasteiger partial charge in [0.25, 0.3) is 5.91 Å². The van der Waals surface area contributed by atoms with Gasteiger partial charge >= 0.3 is 0 Å². The molecule has 1 saturated carbocycles. The Kier molecular flexibility index (Phi) is 4.33. The number of carbonyl (C=O) groups is 2. The largest absolute Gasteiger partial charge is 0.336 e. The van der Waals surface area contributed by atoms with Crippen molar-refractivity contribution in [1.29, 1.82) is 0 Å². The summed E-state index contributed by atoms with van der Waals surface area (Å²) < 4.78 is 1.98. The van der Waals surface area contributed by atoms with E-state index in [1.54, 1.807) is 0 Å². The van der Waals surface area contributed by atoms with Crippen LogP contribution in [-0.4, -0.2) is 39.6 Å². The highest BCUT2D eigenvalue weighted by Gasteiger charge is 2.30. The molecule has 0 radical (unpaired) electrons. The van der Waals surface area contributed by atoms with Crippen molar-refractivity contribution in [3.05, 3.63) is 35.0 Å². The van der Waals surface area contributed by atoms with Crippen LogP contribution >= 0.6 is 11.3 Å². The van der Waals surface area contributed by atoms with E-state index in [-0.39, 0.29) is 23.8 Å². The summed E-state index contributed by atoms with van der Waals surface area (Å²) in [7, 11) is 0. The fourth-order valence-corrected chi connectivity index (χ4v) is 4.11. The Labute approximate surface area is 150 Å². The maximum absolute atomic E-state index is 12.8. The lowest BCUT2D eigenvalue weighted by molar-refractivity contribution is -0.117. The number of rotatable bonds is 4. The van der Waals surface area contributed by atoms with Crippen molar-refractivity contribution in [2.24, 2.45) is 5.92 Å². The molecule has 6 nitrogen and oxygen atoms in total. The van der Waals surface area contributed by atoms with Crippen molar-refractivity contribution in [2.75, 3.05) is 18.4 Å².